The fraction of sp³-hybridized carbons (Fsp3) is 0.400. The average Bonchev–Trinajstić information content (AvgIpc) is 2.64. The summed E-state index contributed by atoms with van der Waals surface area (Å²) in [5.41, 5.74) is 1.61. The number of quaternary nitrogens is 1. The molecule has 2 aromatic carbocycles. The van der Waals surface area contributed by atoms with Gasteiger partial charge in [-0.05, 0) is 42.8 Å². The molecule has 1 aliphatic heterocycles. The van der Waals surface area contributed by atoms with Gasteiger partial charge in [0.2, 0.25) is 0 Å². The maximum Gasteiger partial charge on any atom is 0.146 e. The highest BCUT2D eigenvalue weighted by Gasteiger charge is 2.24. The fourth-order valence-electron chi connectivity index (χ4n) is 3.27. The summed E-state index contributed by atoms with van der Waals surface area (Å²) >= 11 is 6.00. The topological polar surface area (TPSA) is 37.1 Å². The van der Waals surface area contributed by atoms with Crippen molar-refractivity contribution in [2.45, 2.75) is 13.0 Å². The van der Waals surface area contributed by atoms with Crippen LogP contribution in [0.5, 0.6) is 5.75 Å². The van der Waals surface area contributed by atoms with Gasteiger partial charge < -0.3 is 19.6 Å². The summed E-state index contributed by atoms with van der Waals surface area (Å²) in [6.45, 7) is 6.08. The number of rotatable bonds is 6. The number of para-hydroxylation sites is 1. The van der Waals surface area contributed by atoms with Gasteiger partial charge in [-0.1, -0.05) is 23.7 Å². The predicted molar refractivity (Wildman–Crippen MR) is 102 cm³/mol. The summed E-state index contributed by atoms with van der Waals surface area (Å²) in [4.78, 5) is 3.37. The summed E-state index contributed by atoms with van der Waals surface area (Å²) < 4.78 is 19.6. The Kier molecular flexibility index (Phi) is 6.35. The number of nitrogens with zero attached hydrogens (tertiary/aromatic N) is 1. The third-order valence-electron chi connectivity index (χ3n) is 4.76. The molecule has 0 bridgehead atoms. The van der Waals surface area contributed by atoms with Gasteiger partial charge in [0.15, 0.2) is 0 Å². The summed E-state index contributed by atoms with van der Waals surface area (Å²) in [6.07, 6.45) is -0.541. The van der Waals surface area contributed by atoms with Gasteiger partial charge in [-0.3, -0.25) is 0 Å². The molecule has 2 aromatic rings. The molecule has 140 valence electrons. The van der Waals surface area contributed by atoms with Gasteiger partial charge in [-0.25, -0.2) is 4.39 Å². The van der Waals surface area contributed by atoms with Crippen LogP contribution in [0.15, 0.2) is 42.5 Å². The van der Waals surface area contributed by atoms with E-state index in [9.17, 15) is 9.50 Å². The van der Waals surface area contributed by atoms with Gasteiger partial charge in [-0.2, -0.15) is 0 Å². The highest BCUT2D eigenvalue weighted by molar-refractivity contribution is 6.31. The van der Waals surface area contributed by atoms with Crippen LogP contribution >= 0.6 is 11.6 Å². The molecule has 26 heavy (non-hydrogen) atoms. The SMILES string of the molecule is Cc1cc(OC[C@H](O)C[NH+]2CCN(c3ccccc3F)CC2)ccc1Cl. The van der Waals surface area contributed by atoms with Crippen molar-refractivity contribution in [2.75, 3.05) is 44.2 Å². The number of hydrogen-bond donors (Lipinski definition) is 2. The van der Waals surface area contributed by atoms with Crippen LogP contribution in [0.3, 0.4) is 0 Å². The maximum atomic E-state index is 13.9. The largest absolute Gasteiger partial charge is 0.491 e. The molecule has 0 unspecified atom stereocenters. The first-order chi connectivity index (χ1) is 12.5. The molecular weight excluding hydrogens is 355 g/mol. The number of ether oxygens (including phenoxy) is 1. The second-order valence-electron chi connectivity index (χ2n) is 6.77. The minimum absolute atomic E-state index is 0.178. The minimum Gasteiger partial charge on any atom is -0.491 e. The number of anilines is 1. The van der Waals surface area contributed by atoms with Crippen LogP contribution in [0, 0.1) is 12.7 Å². The van der Waals surface area contributed by atoms with Crippen molar-refractivity contribution in [2.24, 2.45) is 0 Å². The van der Waals surface area contributed by atoms with Crippen LogP contribution < -0.4 is 14.5 Å². The zero-order valence-electron chi connectivity index (χ0n) is 14.9. The van der Waals surface area contributed by atoms with Crippen LogP contribution in [0.4, 0.5) is 10.1 Å². The second-order valence-corrected chi connectivity index (χ2v) is 7.18. The van der Waals surface area contributed by atoms with Crippen molar-refractivity contribution in [3.63, 3.8) is 0 Å². The van der Waals surface area contributed by atoms with E-state index in [1.807, 2.05) is 31.2 Å². The third-order valence-corrected chi connectivity index (χ3v) is 5.18. The average molecular weight is 380 g/mol. The molecule has 0 saturated carbocycles. The van der Waals surface area contributed by atoms with Crippen LogP contribution in [0.1, 0.15) is 5.56 Å². The molecule has 3 rings (SSSR count). The highest BCUT2D eigenvalue weighted by Crippen LogP contribution is 2.21. The monoisotopic (exact) mass is 379 g/mol. The number of benzene rings is 2. The van der Waals surface area contributed by atoms with E-state index in [0.717, 1.165) is 31.7 Å². The fourth-order valence-corrected chi connectivity index (χ4v) is 3.39. The lowest BCUT2D eigenvalue weighted by atomic mass is 10.2. The van der Waals surface area contributed by atoms with Gasteiger partial charge in [0.05, 0.1) is 31.9 Å². The molecule has 0 radical (unpaired) electrons. The Bertz CT molecular complexity index is 736. The van der Waals surface area contributed by atoms with Gasteiger partial charge in [0, 0.05) is 5.02 Å². The van der Waals surface area contributed by atoms with E-state index in [1.165, 1.54) is 11.0 Å². The quantitative estimate of drug-likeness (QED) is 0.805. The molecule has 1 atom stereocenters. The number of aliphatic hydroxyl groups is 1. The zero-order chi connectivity index (χ0) is 18.5. The van der Waals surface area contributed by atoms with Gasteiger partial charge >= 0.3 is 0 Å². The Morgan fingerprint density at radius 2 is 1.96 bits per heavy atom. The molecule has 2 N–H and O–H groups in total. The van der Waals surface area contributed by atoms with Crippen molar-refractivity contribution in [3.8, 4) is 5.75 Å². The Morgan fingerprint density at radius 1 is 1.23 bits per heavy atom. The number of hydrogen-bond acceptors (Lipinski definition) is 3. The van der Waals surface area contributed by atoms with Crippen LogP contribution in [-0.4, -0.2) is 50.5 Å². The molecule has 4 nitrogen and oxygen atoms in total. The number of aryl methyl sites for hydroxylation is 1. The summed E-state index contributed by atoms with van der Waals surface area (Å²) in [5, 5.41) is 11.0. The molecule has 1 heterocycles. The summed E-state index contributed by atoms with van der Waals surface area (Å²) in [6, 6.07) is 12.4. The smallest absolute Gasteiger partial charge is 0.146 e. The number of halogens is 2. The van der Waals surface area contributed by atoms with E-state index in [2.05, 4.69) is 4.90 Å². The van der Waals surface area contributed by atoms with Crippen LogP contribution in [-0.2, 0) is 0 Å². The summed E-state index contributed by atoms with van der Waals surface area (Å²) in [5.74, 6) is 0.535. The van der Waals surface area contributed by atoms with E-state index in [1.54, 1.807) is 12.1 Å². The molecular formula is C20H25ClFN2O2+. The Morgan fingerprint density at radius 3 is 2.65 bits per heavy atom. The van der Waals surface area contributed by atoms with E-state index in [4.69, 9.17) is 16.3 Å². The molecule has 0 aromatic heterocycles. The highest BCUT2D eigenvalue weighted by atomic mass is 35.5. The lowest BCUT2D eigenvalue weighted by molar-refractivity contribution is -0.903. The van der Waals surface area contributed by atoms with E-state index in [0.29, 0.717) is 23.0 Å². The van der Waals surface area contributed by atoms with Crippen LogP contribution in [0.25, 0.3) is 0 Å². The van der Waals surface area contributed by atoms with Crippen LogP contribution in [0.2, 0.25) is 5.02 Å². The molecule has 1 fully saturated rings. The van der Waals surface area contributed by atoms with Crippen molar-refractivity contribution >= 4 is 17.3 Å². The number of nitrogens with one attached hydrogen (secondary N) is 1. The van der Waals surface area contributed by atoms with Crippen molar-refractivity contribution in [1.29, 1.82) is 0 Å². The predicted octanol–water partition coefficient (Wildman–Crippen LogP) is 1.93. The van der Waals surface area contributed by atoms with E-state index < -0.39 is 6.10 Å². The first-order valence-electron chi connectivity index (χ1n) is 8.93. The maximum absolute atomic E-state index is 13.9. The Hall–Kier alpha value is -1.82. The second kappa shape index (κ2) is 8.71. The van der Waals surface area contributed by atoms with Gasteiger partial charge in [-0.15, -0.1) is 0 Å². The van der Waals surface area contributed by atoms with E-state index in [-0.39, 0.29) is 12.4 Å². The Balaban J connectivity index is 1.44. The molecule has 1 aliphatic rings. The molecule has 6 heteroatoms. The first kappa shape index (κ1) is 19.0. The normalized spacial score (nSPS) is 16.5. The van der Waals surface area contributed by atoms with Crippen molar-refractivity contribution in [1.82, 2.24) is 0 Å². The molecule has 0 spiro atoms. The van der Waals surface area contributed by atoms with Gasteiger partial charge in [0.1, 0.15) is 30.8 Å². The minimum atomic E-state index is -0.541. The van der Waals surface area contributed by atoms with Crippen molar-refractivity contribution in [3.05, 3.63) is 58.9 Å². The third kappa shape index (κ3) is 4.87. The van der Waals surface area contributed by atoms with Gasteiger partial charge in [0.25, 0.3) is 0 Å². The number of aliphatic hydroxyl groups excluding tert-OH is 1. The van der Waals surface area contributed by atoms with Crippen molar-refractivity contribution < 1.29 is 19.1 Å². The zero-order valence-corrected chi connectivity index (χ0v) is 15.7. The number of piperazine rings is 1. The standard InChI is InChI=1S/C20H24ClFN2O2/c1-15-12-17(6-7-18(15)21)26-14-16(25)13-23-8-10-24(11-9-23)20-5-3-2-4-19(20)22/h2-7,12,16,25H,8-11,13-14H2,1H3/p+1/t16-/m1/s1. The lowest BCUT2D eigenvalue weighted by Crippen LogP contribution is -3.16. The molecule has 0 aliphatic carbocycles. The lowest BCUT2D eigenvalue weighted by Gasteiger charge is -2.34. The molecule has 0 amide bonds. The van der Waals surface area contributed by atoms with E-state index >= 15 is 0 Å². The molecule has 1 saturated heterocycles. The summed E-state index contributed by atoms with van der Waals surface area (Å²) in [7, 11) is 0. The Labute approximate surface area is 158 Å². The first-order valence-corrected chi connectivity index (χ1v) is 9.31.